The third kappa shape index (κ3) is 0.862. The topological polar surface area (TPSA) is 45.2 Å². The summed E-state index contributed by atoms with van der Waals surface area (Å²) < 4.78 is 0. The molecule has 2 N–H and O–H groups in total. The lowest BCUT2D eigenvalue weighted by molar-refractivity contribution is 0.476. The van der Waals surface area contributed by atoms with E-state index in [1.807, 2.05) is 11.4 Å². The standard InChI is InChI=1S/C9H8N2OS/c12-7-5-1-3-10-8(5)11-9-6(7)2-4-13-9/h2,4H,1,3H2,(H2,10,11,12). The van der Waals surface area contributed by atoms with Gasteiger partial charge in [0.1, 0.15) is 16.4 Å². The summed E-state index contributed by atoms with van der Waals surface area (Å²) >= 11 is 1.56. The Bertz CT molecular complexity index is 478. The van der Waals surface area contributed by atoms with Gasteiger partial charge in [-0.1, -0.05) is 0 Å². The molecule has 3 rings (SSSR count). The minimum Gasteiger partial charge on any atom is -0.507 e. The molecule has 0 radical (unpaired) electrons. The Morgan fingerprint density at radius 2 is 2.46 bits per heavy atom. The van der Waals surface area contributed by atoms with E-state index in [4.69, 9.17) is 0 Å². The Labute approximate surface area is 79.0 Å². The van der Waals surface area contributed by atoms with Crippen LogP contribution in [-0.2, 0) is 6.42 Å². The van der Waals surface area contributed by atoms with Crippen molar-refractivity contribution in [2.75, 3.05) is 11.9 Å². The normalized spacial score (nSPS) is 14.5. The van der Waals surface area contributed by atoms with Gasteiger partial charge in [0, 0.05) is 12.1 Å². The third-order valence-corrected chi connectivity index (χ3v) is 3.16. The molecule has 2 aromatic rings. The van der Waals surface area contributed by atoms with Crippen LogP contribution in [0, 0.1) is 0 Å². The van der Waals surface area contributed by atoms with Gasteiger partial charge >= 0.3 is 0 Å². The summed E-state index contributed by atoms with van der Waals surface area (Å²) in [6.45, 7) is 0.882. The number of rotatable bonds is 0. The molecule has 0 saturated carbocycles. The largest absolute Gasteiger partial charge is 0.507 e. The molecule has 1 aliphatic heterocycles. The Hall–Kier alpha value is -1.29. The Morgan fingerprint density at radius 1 is 1.54 bits per heavy atom. The lowest BCUT2D eigenvalue weighted by atomic mass is 10.2. The predicted molar refractivity (Wildman–Crippen MR) is 53.5 cm³/mol. The number of anilines is 1. The lowest BCUT2D eigenvalue weighted by Gasteiger charge is -2.01. The summed E-state index contributed by atoms with van der Waals surface area (Å²) in [5, 5.41) is 15.9. The molecule has 13 heavy (non-hydrogen) atoms. The number of thiophene rings is 1. The van der Waals surface area contributed by atoms with Gasteiger partial charge in [-0.3, -0.25) is 0 Å². The predicted octanol–water partition coefficient (Wildman–Crippen LogP) is 1.97. The first-order valence-corrected chi connectivity index (χ1v) is 5.07. The van der Waals surface area contributed by atoms with Crippen molar-refractivity contribution in [1.82, 2.24) is 4.98 Å². The number of nitrogens with one attached hydrogen (secondary N) is 1. The van der Waals surface area contributed by atoms with Crippen LogP contribution in [-0.4, -0.2) is 16.6 Å². The van der Waals surface area contributed by atoms with Crippen LogP contribution in [0.25, 0.3) is 10.2 Å². The number of aromatic hydroxyl groups is 1. The van der Waals surface area contributed by atoms with E-state index in [9.17, 15) is 5.11 Å². The second-order valence-electron chi connectivity index (χ2n) is 3.10. The van der Waals surface area contributed by atoms with Crippen molar-refractivity contribution in [3.63, 3.8) is 0 Å². The second-order valence-corrected chi connectivity index (χ2v) is 4.00. The molecular weight excluding hydrogens is 184 g/mol. The van der Waals surface area contributed by atoms with E-state index >= 15 is 0 Å². The van der Waals surface area contributed by atoms with Crippen LogP contribution >= 0.6 is 11.3 Å². The highest BCUT2D eigenvalue weighted by Gasteiger charge is 2.18. The van der Waals surface area contributed by atoms with Crippen molar-refractivity contribution in [2.45, 2.75) is 6.42 Å². The average molecular weight is 192 g/mol. The molecule has 0 saturated heterocycles. The number of pyridine rings is 1. The zero-order valence-electron chi connectivity index (χ0n) is 6.87. The minimum absolute atomic E-state index is 0.409. The maximum Gasteiger partial charge on any atom is 0.134 e. The Kier molecular flexibility index (Phi) is 1.29. The summed E-state index contributed by atoms with van der Waals surface area (Å²) in [4.78, 5) is 5.33. The minimum atomic E-state index is 0.409. The van der Waals surface area contributed by atoms with Crippen molar-refractivity contribution in [2.24, 2.45) is 0 Å². The van der Waals surface area contributed by atoms with Crippen molar-refractivity contribution in [3.8, 4) is 5.75 Å². The molecule has 0 unspecified atom stereocenters. The van der Waals surface area contributed by atoms with Crippen LogP contribution in [0.5, 0.6) is 5.75 Å². The number of nitrogens with zero attached hydrogens (tertiary/aromatic N) is 1. The van der Waals surface area contributed by atoms with Crippen LogP contribution in [0.1, 0.15) is 5.56 Å². The monoisotopic (exact) mass is 192 g/mol. The van der Waals surface area contributed by atoms with Crippen LogP contribution in [0.3, 0.4) is 0 Å². The van der Waals surface area contributed by atoms with Crippen molar-refractivity contribution in [3.05, 3.63) is 17.0 Å². The highest BCUT2D eigenvalue weighted by atomic mass is 32.1. The molecule has 0 atom stereocenters. The Morgan fingerprint density at radius 3 is 3.38 bits per heavy atom. The number of hydrogen-bond donors (Lipinski definition) is 2. The maximum absolute atomic E-state index is 9.89. The summed E-state index contributed by atoms with van der Waals surface area (Å²) in [5.41, 5.74) is 0.964. The highest BCUT2D eigenvalue weighted by Crippen LogP contribution is 2.37. The van der Waals surface area contributed by atoms with E-state index < -0.39 is 0 Å². The van der Waals surface area contributed by atoms with Gasteiger partial charge in [0.25, 0.3) is 0 Å². The smallest absolute Gasteiger partial charge is 0.134 e. The van der Waals surface area contributed by atoms with E-state index in [-0.39, 0.29) is 0 Å². The van der Waals surface area contributed by atoms with E-state index in [1.54, 1.807) is 11.3 Å². The van der Waals surface area contributed by atoms with Gasteiger partial charge < -0.3 is 10.4 Å². The van der Waals surface area contributed by atoms with Crippen LogP contribution < -0.4 is 5.32 Å². The van der Waals surface area contributed by atoms with Crippen molar-refractivity contribution >= 4 is 27.4 Å². The zero-order valence-corrected chi connectivity index (χ0v) is 7.69. The van der Waals surface area contributed by atoms with Gasteiger partial charge in [-0.2, -0.15) is 0 Å². The molecule has 4 heteroatoms. The van der Waals surface area contributed by atoms with E-state index in [0.717, 1.165) is 34.6 Å². The first-order valence-electron chi connectivity index (χ1n) is 4.19. The van der Waals surface area contributed by atoms with Gasteiger partial charge in [0.2, 0.25) is 0 Å². The van der Waals surface area contributed by atoms with E-state index in [0.29, 0.717) is 5.75 Å². The molecule has 0 spiro atoms. The van der Waals surface area contributed by atoms with Gasteiger partial charge in [-0.25, -0.2) is 4.98 Å². The summed E-state index contributed by atoms with van der Waals surface area (Å²) in [7, 11) is 0. The van der Waals surface area contributed by atoms with Gasteiger partial charge in [0.05, 0.1) is 5.39 Å². The number of hydrogen-bond acceptors (Lipinski definition) is 4. The lowest BCUT2D eigenvalue weighted by Crippen LogP contribution is -1.92. The van der Waals surface area contributed by atoms with Crippen molar-refractivity contribution in [1.29, 1.82) is 0 Å². The van der Waals surface area contributed by atoms with Crippen LogP contribution in [0.4, 0.5) is 5.82 Å². The fraction of sp³-hybridized carbons (Fsp3) is 0.222. The molecule has 3 nitrogen and oxygen atoms in total. The molecular formula is C9H8N2OS. The summed E-state index contributed by atoms with van der Waals surface area (Å²) in [5.74, 6) is 1.26. The summed E-state index contributed by atoms with van der Waals surface area (Å²) in [6, 6.07) is 1.92. The van der Waals surface area contributed by atoms with Crippen LogP contribution in [0.15, 0.2) is 11.4 Å². The average Bonchev–Trinajstić information content (AvgIpc) is 2.71. The first kappa shape index (κ1) is 7.15. The van der Waals surface area contributed by atoms with Crippen molar-refractivity contribution < 1.29 is 5.11 Å². The van der Waals surface area contributed by atoms with E-state index in [2.05, 4.69) is 10.3 Å². The van der Waals surface area contributed by atoms with E-state index in [1.165, 1.54) is 0 Å². The number of aromatic nitrogens is 1. The van der Waals surface area contributed by atoms with Crippen LogP contribution in [0.2, 0.25) is 0 Å². The fourth-order valence-electron chi connectivity index (χ4n) is 1.70. The fourth-order valence-corrected chi connectivity index (χ4v) is 2.47. The second kappa shape index (κ2) is 2.35. The molecule has 2 aromatic heterocycles. The molecule has 0 fully saturated rings. The molecule has 0 amide bonds. The van der Waals surface area contributed by atoms with Gasteiger partial charge in [0.15, 0.2) is 0 Å². The maximum atomic E-state index is 9.89. The molecule has 3 heterocycles. The zero-order chi connectivity index (χ0) is 8.84. The summed E-state index contributed by atoms with van der Waals surface area (Å²) in [6.07, 6.45) is 0.875. The van der Waals surface area contributed by atoms with Gasteiger partial charge in [-0.05, 0) is 17.9 Å². The van der Waals surface area contributed by atoms with Gasteiger partial charge in [-0.15, -0.1) is 11.3 Å². The molecule has 0 aromatic carbocycles. The SMILES string of the molecule is Oc1c2c(nc3sccc13)NCC2. The first-order chi connectivity index (χ1) is 6.36. The highest BCUT2D eigenvalue weighted by molar-refractivity contribution is 7.16. The third-order valence-electron chi connectivity index (χ3n) is 2.35. The molecule has 0 bridgehead atoms. The molecule has 66 valence electrons. The number of fused-ring (bicyclic) bond motifs is 2. The Balaban J connectivity index is 2.45. The molecule has 0 aliphatic carbocycles. The quantitative estimate of drug-likeness (QED) is 0.670. The molecule has 1 aliphatic rings.